The largest absolute Gasteiger partial charge is 0.394 e. The van der Waals surface area contributed by atoms with Gasteiger partial charge in [-0.15, -0.1) is 0 Å². The highest BCUT2D eigenvalue weighted by molar-refractivity contribution is 5.85. The molecule has 258 valence electrons. The Morgan fingerprint density at radius 1 is 0.522 bits per heavy atom. The standard InChI is InChI=1S/C30H42O16/c31-10-16-19(34)20(35)23(38)29(42-16)45-27-18(12-33)44-30(25(40)22(27)37)46-26-17(11-32)43-28(24(39)21(26)36)41-9-8-14-6-3-5-13-4-1-2-7-15(13)14/h1-7,16-40H,8-12H2/t16-,17-,18-,19-,20+,21-,22-,23-,24-,25-,26-,27-,28-,29+,30+/m1/s1. The summed E-state index contributed by atoms with van der Waals surface area (Å²) in [4.78, 5) is 0. The minimum atomic E-state index is -1.91. The van der Waals surface area contributed by atoms with Crippen molar-refractivity contribution >= 4 is 10.8 Å². The number of ether oxygens (including phenoxy) is 6. The van der Waals surface area contributed by atoms with Gasteiger partial charge in [-0.2, -0.15) is 0 Å². The van der Waals surface area contributed by atoms with Crippen molar-refractivity contribution < 1.29 is 79.5 Å². The van der Waals surface area contributed by atoms with Gasteiger partial charge >= 0.3 is 0 Å². The van der Waals surface area contributed by atoms with Crippen LogP contribution in [0.1, 0.15) is 5.56 Å². The van der Waals surface area contributed by atoms with Gasteiger partial charge in [-0.1, -0.05) is 42.5 Å². The zero-order valence-electron chi connectivity index (χ0n) is 24.7. The highest BCUT2D eigenvalue weighted by atomic mass is 16.8. The van der Waals surface area contributed by atoms with Crippen molar-refractivity contribution in [2.75, 3.05) is 26.4 Å². The van der Waals surface area contributed by atoms with E-state index in [0.717, 1.165) is 16.3 Å². The van der Waals surface area contributed by atoms with Crippen molar-refractivity contribution in [2.45, 2.75) is 98.5 Å². The maximum Gasteiger partial charge on any atom is 0.187 e. The van der Waals surface area contributed by atoms with Gasteiger partial charge in [0.05, 0.1) is 26.4 Å². The second-order valence-corrected chi connectivity index (χ2v) is 11.6. The van der Waals surface area contributed by atoms with E-state index in [4.69, 9.17) is 28.4 Å². The first-order valence-electron chi connectivity index (χ1n) is 15.0. The molecule has 15 atom stereocenters. The number of aliphatic hydroxyl groups excluding tert-OH is 10. The zero-order chi connectivity index (χ0) is 33.1. The molecule has 5 rings (SSSR count). The summed E-state index contributed by atoms with van der Waals surface area (Å²) in [6.45, 7) is -2.14. The van der Waals surface area contributed by atoms with Crippen LogP contribution in [-0.4, -0.2) is 170 Å². The Kier molecular flexibility index (Phi) is 11.9. The Morgan fingerprint density at radius 2 is 1.02 bits per heavy atom. The monoisotopic (exact) mass is 658 g/mol. The Labute approximate surface area is 263 Å². The molecule has 0 saturated carbocycles. The fourth-order valence-corrected chi connectivity index (χ4v) is 5.98. The number of aliphatic hydroxyl groups is 10. The summed E-state index contributed by atoms with van der Waals surface area (Å²) in [5.41, 5.74) is 0.998. The number of benzene rings is 2. The first kappa shape index (κ1) is 35.4. The molecule has 0 aromatic heterocycles. The molecule has 2 aromatic rings. The quantitative estimate of drug-likeness (QED) is 0.110. The second-order valence-electron chi connectivity index (χ2n) is 11.6. The molecule has 3 saturated heterocycles. The molecule has 3 aliphatic heterocycles. The third kappa shape index (κ3) is 7.23. The summed E-state index contributed by atoms with van der Waals surface area (Å²) >= 11 is 0. The van der Waals surface area contributed by atoms with E-state index in [2.05, 4.69) is 0 Å². The lowest BCUT2D eigenvalue weighted by molar-refractivity contribution is -0.379. The molecule has 3 aliphatic rings. The van der Waals surface area contributed by atoms with E-state index in [1.807, 2.05) is 42.5 Å². The van der Waals surface area contributed by atoms with Gasteiger partial charge in [-0.05, 0) is 22.8 Å². The lowest BCUT2D eigenvalue weighted by atomic mass is 9.96. The number of fused-ring (bicyclic) bond motifs is 1. The van der Waals surface area contributed by atoms with E-state index < -0.39 is 112 Å². The minimum Gasteiger partial charge on any atom is -0.394 e. The molecule has 10 N–H and O–H groups in total. The first-order chi connectivity index (χ1) is 22.1. The van der Waals surface area contributed by atoms with E-state index >= 15 is 0 Å². The van der Waals surface area contributed by atoms with E-state index in [1.165, 1.54) is 0 Å². The van der Waals surface area contributed by atoms with Crippen LogP contribution in [0, 0.1) is 0 Å². The third-order valence-electron chi connectivity index (χ3n) is 8.61. The average molecular weight is 659 g/mol. The van der Waals surface area contributed by atoms with Gasteiger partial charge in [0.1, 0.15) is 73.2 Å². The van der Waals surface area contributed by atoms with Crippen LogP contribution < -0.4 is 0 Å². The molecule has 46 heavy (non-hydrogen) atoms. The summed E-state index contributed by atoms with van der Waals surface area (Å²) < 4.78 is 33.5. The van der Waals surface area contributed by atoms with Crippen LogP contribution >= 0.6 is 0 Å². The summed E-state index contributed by atoms with van der Waals surface area (Å²) in [5, 5.41) is 105. The molecular formula is C30H42O16. The summed E-state index contributed by atoms with van der Waals surface area (Å²) in [5.74, 6) is 0. The van der Waals surface area contributed by atoms with E-state index in [1.54, 1.807) is 0 Å². The van der Waals surface area contributed by atoms with Gasteiger partial charge in [0.15, 0.2) is 18.9 Å². The molecule has 16 heteroatoms. The van der Waals surface area contributed by atoms with Gasteiger partial charge in [-0.3, -0.25) is 0 Å². The molecule has 0 aliphatic carbocycles. The van der Waals surface area contributed by atoms with Crippen LogP contribution in [0.2, 0.25) is 0 Å². The number of rotatable bonds is 11. The van der Waals surface area contributed by atoms with E-state index in [0.29, 0.717) is 6.42 Å². The van der Waals surface area contributed by atoms with Crippen molar-refractivity contribution in [3.05, 3.63) is 48.0 Å². The maximum absolute atomic E-state index is 10.9. The fraction of sp³-hybridized carbons (Fsp3) is 0.667. The van der Waals surface area contributed by atoms with Crippen LogP contribution in [0.25, 0.3) is 10.8 Å². The van der Waals surface area contributed by atoms with Crippen molar-refractivity contribution in [3.63, 3.8) is 0 Å². The summed E-state index contributed by atoms with van der Waals surface area (Å²) in [7, 11) is 0. The van der Waals surface area contributed by atoms with Crippen LogP contribution in [0.3, 0.4) is 0 Å². The SMILES string of the molecule is OC[C@H]1O[C@@H](O[C@H]2[C@H](O)[C@@H](O)[C@H](O[C@H]3[C@H](O)[C@@H](O)[C@H](OCCc4cccc5ccccc45)O[C@@H]3CO)O[C@@H]2CO)[C@H](O)[C@@H](O)[C@@H]1O. The van der Waals surface area contributed by atoms with Gasteiger partial charge in [-0.25, -0.2) is 0 Å². The van der Waals surface area contributed by atoms with E-state index in [-0.39, 0.29) is 6.61 Å². The van der Waals surface area contributed by atoms with Gasteiger partial charge in [0, 0.05) is 0 Å². The van der Waals surface area contributed by atoms with Gasteiger partial charge < -0.3 is 79.5 Å². The Hall–Kier alpha value is -1.94. The predicted molar refractivity (Wildman–Crippen MR) is 153 cm³/mol. The number of hydrogen-bond acceptors (Lipinski definition) is 16. The Morgan fingerprint density at radius 3 is 1.63 bits per heavy atom. The van der Waals surface area contributed by atoms with Crippen molar-refractivity contribution in [1.29, 1.82) is 0 Å². The van der Waals surface area contributed by atoms with Crippen LogP contribution in [0.15, 0.2) is 42.5 Å². The smallest absolute Gasteiger partial charge is 0.187 e. The average Bonchev–Trinajstić information content (AvgIpc) is 3.07. The van der Waals surface area contributed by atoms with Crippen LogP contribution in [-0.2, 0) is 34.8 Å². The molecule has 0 unspecified atom stereocenters. The molecule has 3 fully saturated rings. The molecule has 0 radical (unpaired) electrons. The van der Waals surface area contributed by atoms with Gasteiger partial charge in [0.25, 0.3) is 0 Å². The lowest BCUT2D eigenvalue weighted by Crippen LogP contribution is -2.66. The molecular weight excluding hydrogens is 616 g/mol. The summed E-state index contributed by atoms with van der Waals surface area (Å²) in [6, 6.07) is 13.7. The highest BCUT2D eigenvalue weighted by Gasteiger charge is 2.53. The Balaban J connectivity index is 1.20. The topological polar surface area (TPSA) is 258 Å². The first-order valence-corrected chi connectivity index (χ1v) is 15.0. The molecule has 3 heterocycles. The molecule has 2 aromatic carbocycles. The molecule has 16 nitrogen and oxygen atoms in total. The maximum atomic E-state index is 10.9. The van der Waals surface area contributed by atoms with Crippen LogP contribution in [0.5, 0.6) is 0 Å². The number of hydrogen-bond donors (Lipinski definition) is 10. The van der Waals surface area contributed by atoms with Crippen molar-refractivity contribution in [3.8, 4) is 0 Å². The van der Waals surface area contributed by atoms with E-state index in [9.17, 15) is 51.1 Å². The second kappa shape index (κ2) is 15.5. The third-order valence-corrected chi connectivity index (χ3v) is 8.61. The summed E-state index contributed by atoms with van der Waals surface area (Å²) in [6.07, 6.45) is -23.9. The van der Waals surface area contributed by atoms with Crippen LogP contribution in [0.4, 0.5) is 0 Å². The molecule has 0 amide bonds. The zero-order valence-corrected chi connectivity index (χ0v) is 24.7. The van der Waals surface area contributed by atoms with Crippen molar-refractivity contribution in [1.82, 2.24) is 0 Å². The minimum absolute atomic E-state index is 0.108. The fourth-order valence-electron chi connectivity index (χ4n) is 5.98. The lowest BCUT2D eigenvalue weighted by Gasteiger charge is -2.48. The van der Waals surface area contributed by atoms with Crippen molar-refractivity contribution in [2.24, 2.45) is 0 Å². The highest BCUT2D eigenvalue weighted by Crippen LogP contribution is 2.32. The Bertz CT molecular complexity index is 1240. The predicted octanol–water partition coefficient (Wildman–Crippen LogP) is -4.15. The molecule has 0 bridgehead atoms. The molecule has 0 spiro atoms. The van der Waals surface area contributed by atoms with Gasteiger partial charge in [0.2, 0.25) is 0 Å². The normalized spacial score (nSPS) is 41.9.